The molecule has 1 saturated heterocycles. The van der Waals surface area contributed by atoms with Crippen LogP contribution in [0.25, 0.3) is 0 Å². The van der Waals surface area contributed by atoms with Crippen molar-refractivity contribution in [2.24, 2.45) is 0 Å². The van der Waals surface area contributed by atoms with E-state index >= 15 is 0 Å². The summed E-state index contributed by atoms with van der Waals surface area (Å²) >= 11 is 0. The van der Waals surface area contributed by atoms with E-state index in [2.05, 4.69) is 31.1 Å². The Morgan fingerprint density at radius 3 is 2.63 bits per heavy atom. The first-order chi connectivity index (χ1) is 9.06. The molecule has 0 spiro atoms. The van der Waals surface area contributed by atoms with E-state index < -0.39 is 0 Å². The summed E-state index contributed by atoms with van der Waals surface area (Å²) in [5.41, 5.74) is 0. The minimum absolute atomic E-state index is 0.00361. The molecule has 0 bridgehead atoms. The molecule has 0 aromatic carbocycles. The number of carbonyl (C=O) groups is 1. The first-order valence-corrected chi connectivity index (χ1v) is 6.86. The highest BCUT2D eigenvalue weighted by Crippen LogP contribution is 2.12. The topological polar surface area (TPSA) is 48.7 Å². The molecule has 1 fully saturated rings. The van der Waals surface area contributed by atoms with Gasteiger partial charge in [-0.3, -0.25) is 4.79 Å². The van der Waals surface area contributed by atoms with Crippen LogP contribution >= 0.6 is 0 Å². The van der Waals surface area contributed by atoms with Crippen molar-refractivity contribution in [2.75, 3.05) is 33.2 Å². The van der Waals surface area contributed by atoms with E-state index in [0.29, 0.717) is 18.3 Å². The van der Waals surface area contributed by atoms with E-state index in [4.69, 9.17) is 4.42 Å². The van der Waals surface area contributed by atoms with Gasteiger partial charge in [0.25, 0.3) is 5.91 Å². The van der Waals surface area contributed by atoms with Crippen LogP contribution in [0.2, 0.25) is 0 Å². The number of hydrogen-bond acceptors (Lipinski definition) is 4. The summed E-state index contributed by atoms with van der Waals surface area (Å²) in [6.07, 6.45) is 0. The van der Waals surface area contributed by atoms with Crippen LogP contribution in [-0.4, -0.2) is 55.0 Å². The molecule has 2 rings (SSSR count). The van der Waals surface area contributed by atoms with Crippen LogP contribution in [0, 0.1) is 0 Å². The Bertz CT molecular complexity index is 420. The van der Waals surface area contributed by atoms with Gasteiger partial charge < -0.3 is 19.5 Å². The first-order valence-electron chi connectivity index (χ1n) is 6.86. The number of likely N-dealkylation sites (N-methyl/N-ethyl adjacent to an activating group) is 1. The fourth-order valence-corrected chi connectivity index (χ4v) is 2.06. The van der Waals surface area contributed by atoms with Crippen molar-refractivity contribution in [1.82, 2.24) is 15.1 Å². The fraction of sp³-hybridized carbons (Fsp3) is 0.643. The molecule has 1 aromatic heterocycles. The van der Waals surface area contributed by atoms with Crippen LogP contribution in [0.3, 0.4) is 0 Å². The van der Waals surface area contributed by atoms with Gasteiger partial charge in [-0.25, -0.2) is 0 Å². The van der Waals surface area contributed by atoms with Crippen molar-refractivity contribution in [2.45, 2.75) is 26.4 Å². The number of amides is 1. The van der Waals surface area contributed by atoms with Gasteiger partial charge in [-0.1, -0.05) is 13.8 Å². The lowest BCUT2D eigenvalue weighted by molar-refractivity contribution is 0.0630. The van der Waals surface area contributed by atoms with E-state index in [1.807, 2.05) is 11.0 Å². The summed E-state index contributed by atoms with van der Waals surface area (Å²) in [7, 11) is 2.07. The summed E-state index contributed by atoms with van der Waals surface area (Å²) in [4.78, 5) is 16.3. The summed E-state index contributed by atoms with van der Waals surface area (Å²) in [5, 5.41) is 3.27. The Kier molecular flexibility index (Phi) is 4.61. The summed E-state index contributed by atoms with van der Waals surface area (Å²) in [6, 6.07) is 4.05. The number of furan rings is 1. The van der Waals surface area contributed by atoms with Gasteiger partial charge in [0.1, 0.15) is 5.76 Å². The molecule has 1 aliphatic heterocycles. The minimum atomic E-state index is 0.00361. The largest absolute Gasteiger partial charge is 0.455 e. The highest BCUT2D eigenvalue weighted by Gasteiger charge is 2.22. The third-order valence-corrected chi connectivity index (χ3v) is 3.35. The van der Waals surface area contributed by atoms with Crippen LogP contribution in [0.5, 0.6) is 0 Å². The maximum atomic E-state index is 12.3. The molecule has 0 unspecified atom stereocenters. The minimum Gasteiger partial charge on any atom is -0.455 e. The second-order valence-electron chi connectivity index (χ2n) is 5.40. The normalized spacial score (nSPS) is 17.2. The molecule has 0 radical (unpaired) electrons. The predicted octanol–water partition coefficient (Wildman–Crippen LogP) is 1.17. The van der Waals surface area contributed by atoms with E-state index in [9.17, 15) is 4.79 Å². The van der Waals surface area contributed by atoms with Crippen molar-refractivity contribution in [3.63, 3.8) is 0 Å². The summed E-state index contributed by atoms with van der Waals surface area (Å²) in [6.45, 7) is 8.22. The molecule has 106 valence electrons. The molecule has 5 heteroatoms. The molecule has 0 atom stereocenters. The number of rotatable bonds is 4. The lowest BCUT2D eigenvalue weighted by atomic mass is 10.3. The number of nitrogens with one attached hydrogen (secondary N) is 1. The monoisotopic (exact) mass is 265 g/mol. The van der Waals surface area contributed by atoms with Crippen molar-refractivity contribution in [3.05, 3.63) is 23.7 Å². The third kappa shape index (κ3) is 3.81. The average Bonchev–Trinajstić information content (AvgIpc) is 2.85. The maximum absolute atomic E-state index is 12.3. The van der Waals surface area contributed by atoms with E-state index in [0.717, 1.165) is 31.9 Å². The van der Waals surface area contributed by atoms with Gasteiger partial charge >= 0.3 is 0 Å². The Morgan fingerprint density at radius 1 is 1.32 bits per heavy atom. The highest BCUT2D eigenvalue weighted by molar-refractivity contribution is 5.91. The van der Waals surface area contributed by atoms with Crippen LogP contribution in [0.1, 0.15) is 30.2 Å². The molecule has 5 nitrogen and oxygen atoms in total. The smallest absolute Gasteiger partial charge is 0.289 e. The number of nitrogens with zero attached hydrogens (tertiary/aromatic N) is 2. The zero-order valence-electron chi connectivity index (χ0n) is 12.0. The molecule has 0 aliphatic carbocycles. The van der Waals surface area contributed by atoms with Crippen LogP contribution in [0.15, 0.2) is 16.5 Å². The Morgan fingerprint density at radius 2 is 2.00 bits per heavy atom. The van der Waals surface area contributed by atoms with Gasteiger partial charge in [0.2, 0.25) is 0 Å². The molecule has 1 aromatic rings. The molecule has 1 N–H and O–H groups in total. The SMILES string of the molecule is CC(C)NCc1ccc(C(=O)N2CCN(C)CC2)o1. The zero-order chi connectivity index (χ0) is 13.8. The first kappa shape index (κ1) is 14.1. The van der Waals surface area contributed by atoms with Gasteiger partial charge in [-0.05, 0) is 19.2 Å². The van der Waals surface area contributed by atoms with E-state index in [-0.39, 0.29) is 5.91 Å². The second-order valence-corrected chi connectivity index (χ2v) is 5.40. The van der Waals surface area contributed by atoms with Crippen LogP contribution in [-0.2, 0) is 6.54 Å². The van der Waals surface area contributed by atoms with E-state index in [1.54, 1.807) is 6.07 Å². The molecule has 1 amide bonds. The molecule has 2 heterocycles. The van der Waals surface area contributed by atoms with Crippen molar-refractivity contribution < 1.29 is 9.21 Å². The number of piperazine rings is 1. The number of hydrogen-bond donors (Lipinski definition) is 1. The fourth-order valence-electron chi connectivity index (χ4n) is 2.06. The highest BCUT2D eigenvalue weighted by atomic mass is 16.4. The Labute approximate surface area is 114 Å². The quantitative estimate of drug-likeness (QED) is 0.887. The Hall–Kier alpha value is -1.33. The van der Waals surface area contributed by atoms with Gasteiger partial charge in [-0.15, -0.1) is 0 Å². The van der Waals surface area contributed by atoms with Crippen LogP contribution < -0.4 is 5.32 Å². The van der Waals surface area contributed by atoms with Crippen molar-refractivity contribution >= 4 is 5.91 Å². The number of carbonyl (C=O) groups excluding carboxylic acids is 1. The van der Waals surface area contributed by atoms with Gasteiger partial charge in [-0.2, -0.15) is 0 Å². The maximum Gasteiger partial charge on any atom is 0.289 e. The lowest BCUT2D eigenvalue weighted by Gasteiger charge is -2.31. The van der Waals surface area contributed by atoms with Gasteiger partial charge in [0, 0.05) is 32.2 Å². The summed E-state index contributed by atoms with van der Waals surface area (Å²) in [5.74, 6) is 1.26. The average molecular weight is 265 g/mol. The summed E-state index contributed by atoms with van der Waals surface area (Å²) < 4.78 is 5.61. The molecule has 19 heavy (non-hydrogen) atoms. The lowest BCUT2D eigenvalue weighted by Crippen LogP contribution is -2.47. The third-order valence-electron chi connectivity index (χ3n) is 3.35. The second kappa shape index (κ2) is 6.21. The molecular weight excluding hydrogens is 242 g/mol. The van der Waals surface area contributed by atoms with E-state index in [1.165, 1.54) is 0 Å². The van der Waals surface area contributed by atoms with Crippen molar-refractivity contribution in [1.29, 1.82) is 0 Å². The standard InChI is InChI=1S/C14H23N3O2/c1-11(2)15-10-12-4-5-13(19-12)14(18)17-8-6-16(3)7-9-17/h4-5,11,15H,6-10H2,1-3H3. The Balaban J connectivity index is 1.92. The predicted molar refractivity (Wildman–Crippen MR) is 74.1 cm³/mol. The molecular formula is C14H23N3O2. The van der Waals surface area contributed by atoms with Gasteiger partial charge in [0.05, 0.1) is 6.54 Å². The zero-order valence-corrected chi connectivity index (χ0v) is 12.0. The molecule has 1 aliphatic rings. The van der Waals surface area contributed by atoms with Crippen LogP contribution in [0.4, 0.5) is 0 Å². The van der Waals surface area contributed by atoms with Gasteiger partial charge in [0.15, 0.2) is 5.76 Å². The molecule has 0 saturated carbocycles. The van der Waals surface area contributed by atoms with Crippen molar-refractivity contribution in [3.8, 4) is 0 Å².